The monoisotopic (exact) mass is 424 g/mol. The molecule has 156 valence electrons. The van der Waals surface area contributed by atoms with Crippen LogP contribution in [0.5, 0.6) is 17.2 Å². The van der Waals surface area contributed by atoms with E-state index in [4.69, 9.17) is 4.42 Å². The number of hydrogen-bond donors (Lipinski definition) is 3. The first-order valence-corrected chi connectivity index (χ1v) is 9.11. The van der Waals surface area contributed by atoms with Gasteiger partial charge in [0, 0.05) is 21.9 Å². The molecule has 3 N–H and O–H groups in total. The van der Waals surface area contributed by atoms with Crippen molar-refractivity contribution in [2.75, 3.05) is 0 Å². The lowest BCUT2D eigenvalue weighted by molar-refractivity contribution is 0.433. The molecule has 0 fully saturated rings. The van der Waals surface area contributed by atoms with Gasteiger partial charge in [0.25, 0.3) is 0 Å². The summed E-state index contributed by atoms with van der Waals surface area (Å²) in [5.74, 6) is -2.50. The summed E-state index contributed by atoms with van der Waals surface area (Å²) >= 11 is 0. The summed E-state index contributed by atoms with van der Waals surface area (Å²) in [6.07, 6.45) is 0. The van der Waals surface area contributed by atoms with E-state index in [1.807, 2.05) is 0 Å². The summed E-state index contributed by atoms with van der Waals surface area (Å²) in [5, 5.41) is 29.6. The molecule has 1 aromatic heterocycles. The van der Waals surface area contributed by atoms with Crippen molar-refractivity contribution < 1.29 is 32.9 Å². The van der Waals surface area contributed by atoms with E-state index in [2.05, 4.69) is 0 Å². The highest BCUT2D eigenvalue weighted by atomic mass is 19.1. The number of halogens is 3. The fourth-order valence-electron chi connectivity index (χ4n) is 3.21. The van der Waals surface area contributed by atoms with Crippen LogP contribution in [0.1, 0.15) is 0 Å². The van der Waals surface area contributed by atoms with E-state index in [9.17, 15) is 28.5 Å². The molecule has 0 spiro atoms. The maximum atomic E-state index is 13.5. The Morgan fingerprint density at radius 3 is 2.06 bits per heavy atom. The normalized spacial score (nSPS) is 10.8. The molecule has 0 atom stereocenters. The molecule has 31 heavy (non-hydrogen) atoms. The number of aromatic hydroxyl groups is 3. The Morgan fingerprint density at radius 1 is 0.581 bits per heavy atom. The Labute approximate surface area is 174 Å². The van der Waals surface area contributed by atoms with Crippen molar-refractivity contribution in [1.82, 2.24) is 0 Å². The molecule has 0 bridgehead atoms. The van der Waals surface area contributed by atoms with Gasteiger partial charge in [-0.2, -0.15) is 0 Å². The first kappa shape index (κ1) is 20.2. The molecule has 0 unspecified atom stereocenters. The van der Waals surface area contributed by atoms with E-state index in [1.54, 1.807) is 24.3 Å². The van der Waals surface area contributed by atoms with Crippen molar-refractivity contribution in [2.45, 2.75) is 0 Å². The standard InChI is InChI=1S/C12H8F2O2.C12H7FO2/c13-7-4-5-10(15)9(6-7)8-2-1-3-11(16)12(8)14;13-7-4-5-11-9(6-7)8-2-1-3-10(14)12(8)15-11/h1-6,15-16H;1-6,14H. The lowest BCUT2D eigenvalue weighted by atomic mass is 10.0. The lowest BCUT2D eigenvalue weighted by Gasteiger charge is -2.07. The van der Waals surface area contributed by atoms with Gasteiger partial charge in [-0.25, -0.2) is 13.2 Å². The zero-order valence-corrected chi connectivity index (χ0v) is 15.8. The van der Waals surface area contributed by atoms with E-state index in [1.165, 1.54) is 30.3 Å². The van der Waals surface area contributed by atoms with Crippen molar-refractivity contribution in [1.29, 1.82) is 0 Å². The second-order valence-corrected chi connectivity index (χ2v) is 6.70. The average Bonchev–Trinajstić information content (AvgIpc) is 3.12. The SMILES string of the molecule is Oc1ccc(F)cc1-c1cccc(O)c1F.Oc1cccc2c1oc1ccc(F)cc12. The first-order chi connectivity index (χ1) is 14.8. The predicted octanol–water partition coefficient (Wildman–Crippen LogP) is 6.47. The molecule has 4 aromatic carbocycles. The number of furan rings is 1. The van der Waals surface area contributed by atoms with Crippen LogP contribution in [-0.2, 0) is 0 Å². The maximum Gasteiger partial charge on any atom is 0.177 e. The zero-order chi connectivity index (χ0) is 22.1. The van der Waals surface area contributed by atoms with Crippen LogP contribution < -0.4 is 0 Å². The topological polar surface area (TPSA) is 73.8 Å². The van der Waals surface area contributed by atoms with E-state index >= 15 is 0 Å². The number of fused-ring (bicyclic) bond motifs is 3. The summed E-state index contributed by atoms with van der Waals surface area (Å²) < 4.78 is 44.9. The van der Waals surface area contributed by atoms with Gasteiger partial charge in [0.2, 0.25) is 0 Å². The van der Waals surface area contributed by atoms with Gasteiger partial charge >= 0.3 is 0 Å². The number of hydrogen-bond acceptors (Lipinski definition) is 4. The second-order valence-electron chi connectivity index (χ2n) is 6.70. The van der Waals surface area contributed by atoms with Crippen LogP contribution in [0.2, 0.25) is 0 Å². The minimum absolute atomic E-state index is 0.00778. The van der Waals surface area contributed by atoms with Crippen molar-refractivity contribution >= 4 is 21.9 Å². The van der Waals surface area contributed by atoms with Crippen LogP contribution in [-0.4, -0.2) is 15.3 Å². The van der Waals surface area contributed by atoms with Crippen molar-refractivity contribution in [3.05, 3.63) is 90.2 Å². The number of phenols is 3. The van der Waals surface area contributed by atoms with Crippen LogP contribution in [0.25, 0.3) is 33.1 Å². The average molecular weight is 424 g/mol. The molecule has 0 amide bonds. The number of benzene rings is 4. The summed E-state index contributed by atoms with van der Waals surface area (Å²) in [6.45, 7) is 0. The van der Waals surface area contributed by atoms with Gasteiger partial charge in [-0.15, -0.1) is 0 Å². The maximum absolute atomic E-state index is 13.5. The fraction of sp³-hybridized carbons (Fsp3) is 0. The van der Waals surface area contributed by atoms with E-state index < -0.39 is 17.4 Å². The van der Waals surface area contributed by atoms with Crippen molar-refractivity contribution in [3.63, 3.8) is 0 Å². The smallest absolute Gasteiger partial charge is 0.177 e. The van der Waals surface area contributed by atoms with Gasteiger partial charge in [0.15, 0.2) is 22.9 Å². The molecule has 0 saturated carbocycles. The van der Waals surface area contributed by atoms with Gasteiger partial charge in [0.05, 0.1) is 0 Å². The Hall–Kier alpha value is -4.13. The summed E-state index contributed by atoms with van der Waals surface area (Å²) in [6, 6.07) is 16.5. The minimum Gasteiger partial charge on any atom is -0.507 e. The highest BCUT2D eigenvalue weighted by molar-refractivity contribution is 6.06. The highest BCUT2D eigenvalue weighted by Crippen LogP contribution is 2.35. The Morgan fingerprint density at radius 2 is 1.26 bits per heavy atom. The molecule has 1 heterocycles. The van der Waals surface area contributed by atoms with Crippen LogP contribution in [0, 0.1) is 17.5 Å². The molecular weight excluding hydrogens is 409 g/mol. The second kappa shape index (κ2) is 7.95. The molecule has 7 heteroatoms. The fourth-order valence-corrected chi connectivity index (χ4v) is 3.21. The van der Waals surface area contributed by atoms with Gasteiger partial charge in [0.1, 0.15) is 23.0 Å². The predicted molar refractivity (Wildman–Crippen MR) is 110 cm³/mol. The zero-order valence-electron chi connectivity index (χ0n) is 15.8. The molecule has 0 aliphatic rings. The van der Waals surface area contributed by atoms with Crippen LogP contribution in [0.15, 0.2) is 77.2 Å². The quantitative estimate of drug-likeness (QED) is 0.288. The lowest BCUT2D eigenvalue weighted by Crippen LogP contribution is -1.87. The molecule has 5 aromatic rings. The van der Waals surface area contributed by atoms with Gasteiger partial charge < -0.3 is 19.7 Å². The summed E-state index contributed by atoms with van der Waals surface area (Å²) in [4.78, 5) is 0. The van der Waals surface area contributed by atoms with Gasteiger partial charge in [-0.1, -0.05) is 24.3 Å². The number of rotatable bonds is 1. The molecular formula is C24H15F3O4. The Kier molecular flexibility index (Phi) is 5.17. The molecule has 0 aliphatic carbocycles. The van der Waals surface area contributed by atoms with Gasteiger partial charge in [-0.05, 0) is 48.5 Å². The van der Waals surface area contributed by atoms with Crippen molar-refractivity contribution in [2.24, 2.45) is 0 Å². The van der Waals surface area contributed by atoms with Crippen molar-refractivity contribution in [3.8, 4) is 28.4 Å². The molecule has 0 aliphatic heterocycles. The van der Waals surface area contributed by atoms with Crippen LogP contribution in [0.3, 0.4) is 0 Å². The van der Waals surface area contributed by atoms with E-state index in [0.717, 1.165) is 23.6 Å². The molecule has 5 rings (SSSR count). The molecule has 0 saturated heterocycles. The third-order valence-electron chi connectivity index (χ3n) is 4.67. The largest absolute Gasteiger partial charge is 0.507 e. The van der Waals surface area contributed by atoms with E-state index in [0.29, 0.717) is 16.6 Å². The van der Waals surface area contributed by atoms with Crippen LogP contribution in [0.4, 0.5) is 13.2 Å². The molecule has 0 radical (unpaired) electrons. The first-order valence-electron chi connectivity index (χ1n) is 9.11. The third-order valence-corrected chi connectivity index (χ3v) is 4.67. The summed E-state index contributed by atoms with van der Waals surface area (Å²) in [7, 11) is 0. The number of phenolic OH excluding ortho intramolecular Hbond substituents is 3. The Balaban J connectivity index is 0.000000149. The Bertz CT molecular complexity index is 1410. The minimum atomic E-state index is -0.886. The highest BCUT2D eigenvalue weighted by Gasteiger charge is 2.13. The van der Waals surface area contributed by atoms with Gasteiger partial charge in [-0.3, -0.25) is 0 Å². The third kappa shape index (κ3) is 3.85. The van der Waals surface area contributed by atoms with Crippen LogP contribution >= 0.6 is 0 Å². The number of para-hydroxylation sites is 1. The van der Waals surface area contributed by atoms with E-state index in [-0.39, 0.29) is 28.4 Å². The molecule has 4 nitrogen and oxygen atoms in total. The summed E-state index contributed by atoms with van der Waals surface area (Å²) in [5.41, 5.74) is 0.941.